The molecule has 0 aliphatic carbocycles. The van der Waals surface area contributed by atoms with E-state index in [1.165, 1.54) is 14.2 Å². The molecule has 13 heavy (non-hydrogen) atoms. The molecule has 7 heteroatoms. The van der Waals surface area contributed by atoms with Crippen LogP contribution < -0.4 is 37.7 Å². The first-order valence-corrected chi connectivity index (χ1v) is 8.60. The Labute approximate surface area is 106 Å². The van der Waals surface area contributed by atoms with Crippen molar-refractivity contribution in [2.24, 2.45) is 0 Å². The number of hydrogen-bond donors (Lipinski definition) is 0. The van der Waals surface area contributed by atoms with Crippen molar-refractivity contribution in [2.45, 2.75) is 19.6 Å². The predicted molar refractivity (Wildman–Crippen MR) is 49.3 cm³/mol. The summed E-state index contributed by atoms with van der Waals surface area (Å²) in [6.45, 7) is 6.24. The fourth-order valence-electron chi connectivity index (χ4n) is 0.654. The van der Waals surface area contributed by atoms with Gasteiger partial charge in [0.1, 0.15) is 0 Å². The standard InChI is InChI=1S/C6H16O3PSi.2Li/c1-8-10(7,9-2)6-11(3,4)5;;/h6H,1-5H3;;/q-1;2*+1. The van der Waals surface area contributed by atoms with Crippen LogP contribution >= 0.6 is 7.60 Å². The van der Waals surface area contributed by atoms with Crippen LogP contribution in [0.2, 0.25) is 19.6 Å². The van der Waals surface area contributed by atoms with E-state index in [-0.39, 0.29) is 37.7 Å². The molecule has 0 aromatic rings. The zero-order valence-electron chi connectivity index (χ0n) is 9.75. The van der Waals surface area contributed by atoms with Crippen LogP contribution in [0.1, 0.15) is 0 Å². The molecule has 68 valence electrons. The number of rotatable bonds is 4. The summed E-state index contributed by atoms with van der Waals surface area (Å²) in [7, 11) is -1.53. The summed E-state index contributed by atoms with van der Waals surface area (Å²) in [5, 5.41) is 0. The smallest absolute Gasteiger partial charge is 0.334 e. The monoisotopic (exact) mass is 209 g/mol. The summed E-state index contributed by atoms with van der Waals surface area (Å²) in [4.78, 5) is 0. The van der Waals surface area contributed by atoms with Crippen LogP contribution in [0.15, 0.2) is 0 Å². The molecular weight excluding hydrogens is 193 g/mol. The van der Waals surface area contributed by atoms with E-state index in [4.69, 9.17) is 9.05 Å². The van der Waals surface area contributed by atoms with E-state index in [0.717, 1.165) is 0 Å². The first-order chi connectivity index (χ1) is 4.83. The minimum absolute atomic E-state index is 0. The van der Waals surface area contributed by atoms with E-state index in [0.29, 0.717) is 0 Å². The third-order valence-electron chi connectivity index (χ3n) is 1.05. The molecule has 0 amide bonds. The van der Waals surface area contributed by atoms with Crippen LogP contribution in [0.4, 0.5) is 0 Å². The van der Waals surface area contributed by atoms with Gasteiger partial charge in [0, 0.05) is 14.2 Å². The normalized spacial score (nSPS) is 11.5. The maximum atomic E-state index is 11.5. The summed E-state index contributed by atoms with van der Waals surface area (Å²) in [6, 6.07) is 0. The Balaban J connectivity index is -0.000000500. The second-order valence-electron chi connectivity index (χ2n) is 3.40. The first-order valence-electron chi connectivity index (χ1n) is 3.41. The predicted octanol–water partition coefficient (Wildman–Crippen LogP) is -3.48. The van der Waals surface area contributed by atoms with E-state index in [9.17, 15) is 4.57 Å². The van der Waals surface area contributed by atoms with Gasteiger partial charge in [0.05, 0.1) is 0 Å². The Morgan fingerprint density at radius 1 is 1.08 bits per heavy atom. The second-order valence-corrected chi connectivity index (χ2v) is 11.0. The van der Waals surface area contributed by atoms with Gasteiger partial charge in [-0.1, -0.05) is 27.7 Å². The van der Waals surface area contributed by atoms with Crippen LogP contribution in [0, 0.1) is 5.79 Å². The van der Waals surface area contributed by atoms with Crippen molar-refractivity contribution in [1.29, 1.82) is 0 Å². The van der Waals surface area contributed by atoms with Crippen molar-refractivity contribution in [3.8, 4) is 0 Å². The van der Waals surface area contributed by atoms with Crippen molar-refractivity contribution < 1.29 is 51.3 Å². The first kappa shape index (κ1) is 20.0. The van der Waals surface area contributed by atoms with Crippen LogP contribution in [-0.4, -0.2) is 22.3 Å². The molecule has 0 fully saturated rings. The Kier molecular flexibility index (Phi) is 12.0. The Bertz CT molecular complexity index is 164. The van der Waals surface area contributed by atoms with Gasteiger partial charge in [-0.05, 0) is 0 Å². The van der Waals surface area contributed by atoms with Gasteiger partial charge in [-0.15, -0.1) is 0 Å². The van der Waals surface area contributed by atoms with Crippen LogP contribution in [-0.2, 0) is 13.6 Å². The molecule has 0 atom stereocenters. The molecule has 3 nitrogen and oxygen atoms in total. The molecule has 0 aromatic heterocycles. The molecule has 0 rings (SSSR count). The fraction of sp³-hybridized carbons (Fsp3) is 0.833. The van der Waals surface area contributed by atoms with E-state index in [1.807, 2.05) is 0 Å². The van der Waals surface area contributed by atoms with Gasteiger partial charge in [0.15, 0.2) is 7.60 Å². The second kappa shape index (κ2) is 7.80. The van der Waals surface area contributed by atoms with Crippen molar-refractivity contribution in [3.63, 3.8) is 0 Å². The van der Waals surface area contributed by atoms with E-state index < -0.39 is 15.7 Å². The Morgan fingerprint density at radius 2 is 1.38 bits per heavy atom. The van der Waals surface area contributed by atoms with Crippen molar-refractivity contribution in [1.82, 2.24) is 0 Å². The summed E-state index contributed by atoms with van der Waals surface area (Å²) in [5.74, 6) is 1.74. The molecule has 0 unspecified atom stereocenters. The molecule has 0 radical (unpaired) electrons. The van der Waals surface area contributed by atoms with Crippen LogP contribution in [0.3, 0.4) is 0 Å². The molecule has 0 spiro atoms. The minimum Gasteiger partial charge on any atom is -0.334 e. The molecule has 0 saturated heterocycles. The molecular formula is C6H16Li2O3PSi+. The van der Waals surface area contributed by atoms with Crippen molar-refractivity contribution in [3.05, 3.63) is 5.79 Å². The third-order valence-corrected chi connectivity index (χ3v) is 6.44. The minimum atomic E-state index is -2.87. The fourth-order valence-corrected chi connectivity index (χ4v) is 5.44. The average molecular weight is 209 g/mol. The van der Waals surface area contributed by atoms with E-state index in [1.54, 1.807) is 5.79 Å². The van der Waals surface area contributed by atoms with E-state index >= 15 is 0 Å². The Morgan fingerprint density at radius 3 is 1.46 bits per heavy atom. The SMILES string of the molecule is COP(=O)([CH-][Si](C)(C)C)OC.[Li+].[Li+]. The number of hydrogen-bond acceptors (Lipinski definition) is 3. The maximum Gasteiger partial charge on any atom is 1.00 e. The quantitative estimate of drug-likeness (QED) is 0.274. The summed E-state index contributed by atoms with van der Waals surface area (Å²) in [5.41, 5.74) is 0. The van der Waals surface area contributed by atoms with Gasteiger partial charge >= 0.3 is 37.7 Å². The molecule has 0 aromatic carbocycles. The van der Waals surface area contributed by atoms with Gasteiger partial charge in [0.2, 0.25) is 0 Å². The van der Waals surface area contributed by atoms with Gasteiger partial charge in [0.25, 0.3) is 0 Å². The van der Waals surface area contributed by atoms with Crippen LogP contribution in [0.25, 0.3) is 0 Å². The molecule has 0 N–H and O–H groups in total. The Hall–Kier alpha value is 1.56. The zero-order valence-corrected chi connectivity index (χ0v) is 11.6. The largest absolute Gasteiger partial charge is 1.00 e. The topological polar surface area (TPSA) is 35.5 Å². The van der Waals surface area contributed by atoms with E-state index in [2.05, 4.69) is 19.6 Å². The summed E-state index contributed by atoms with van der Waals surface area (Å²) in [6.07, 6.45) is 0. The maximum absolute atomic E-state index is 11.5. The van der Waals surface area contributed by atoms with Crippen molar-refractivity contribution >= 4 is 15.7 Å². The molecule has 0 saturated carbocycles. The van der Waals surface area contributed by atoms with Gasteiger partial charge in [-0.3, -0.25) is 4.57 Å². The molecule has 0 bridgehead atoms. The molecule has 0 aliphatic heterocycles. The van der Waals surface area contributed by atoms with Crippen LogP contribution in [0.5, 0.6) is 0 Å². The molecule has 0 aliphatic rings. The van der Waals surface area contributed by atoms with Crippen molar-refractivity contribution in [2.75, 3.05) is 14.2 Å². The van der Waals surface area contributed by atoms with Gasteiger partial charge in [-0.2, -0.15) is 0 Å². The average Bonchev–Trinajstić information content (AvgIpc) is 1.84. The summed E-state index contributed by atoms with van der Waals surface area (Å²) >= 11 is 0. The zero-order chi connectivity index (χ0) is 9.12. The summed E-state index contributed by atoms with van der Waals surface area (Å²) < 4.78 is 21.1. The van der Waals surface area contributed by atoms with Gasteiger partial charge < -0.3 is 9.05 Å². The molecule has 0 heterocycles. The van der Waals surface area contributed by atoms with Gasteiger partial charge in [-0.25, -0.2) is 5.79 Å². The third kappa shape index (κ3) is 9.86.